The average Bonchev–Trinajstić information content (AvgIpc) is 2.60. The molecular formula is C20H21Cl2NO3. The highest BCUT2D eigenvalue weighted by Gasteiger charge is 2.21. The quantitative estimate of drug-likeness (QED) is 0.694. The van der Waals surface area contributed by atoms with Crippen LogP contribution in [0.3, 0.4) is 0 Å². The molecule has 0 aromatic heterocycles. The van der Waals surface area contributed by atoms with Crippen molar-refractivity contribution in [2.45, 2.75) is 38.8 Å². The summed E-state index contributed by atoms with van der Waals surface area (Å²) < 4.78 is 5.20. The molecule has 0 aliphatic heterocycles. The summed E-state index contributed by atoms with van der Waals surface area (Å²) in [7, 11) is 0. The second-order valence-electron chi connectivity index (χ2n) is 6.11. The van der Waals surface area contributed by atoms with E-state index in [2.05, 4.69) is 17.4 Å². The molecule has 0 unspecified atom stereocenters. The Labute approximate surface area is 163 Å². The van der Waals surface area contributed by atoms with Gasteiger partial charge in [0.05, 0.1) is 10.6 Å². The van der Waals surface area contributed by atoms with E-state index in [1.165, 1.54) is 24.6 Å². The molecule has 6 heteroatoms. The van der Waals surface area contributed by atoms with Crippen LogP contribution in [0.5, 0.6) is 0 Å². The summed E-state index contributed by atoms with van der Waals surface area (Å²) in [6.45, 7) is 3.45. The molecule has 2 rings (SSSR count). The van der Waals surface area contributed by atoms with Gasteiger partial charge in [0, 0.05) is 11.1 Å². The van der Waals surface area contributed by atoms with Crippen molar-refractivity contribution in [2.75, 3.05) is 0 Å². The van der Waals surface area contributed by atoms with E-state index in [1.807, 2.05) is 25.1 Å². The highest BCUT2D eigenvalue weighted by molar-refractivity contribution is 6.36. The molecule has 0 bridgehead atoms. The number of benzene rings is 2. The molecule has 2 aromatic carbocycles. The van der Waals surface area contributed by atoms with Crippen molar-refractivity contribution in [1.29, 1.82) is 0 Å². The third kappa shape index (κ3) is 6.04. The summed E-state index contributed by atoms with van der Waals surface area (Å²) in [5.74, 6) is -1.00. The number of nitrogens with one attached hydrogen (secondary N) is 1. The van der Waals surface area contributed by atoms with E-state index in [-0.39, 0.29) is 22.5 Å². The standard InChI is InChI=1S/C20H21Cl2NO3/c1-13(8-9-15-6-4-3-5-7-15)23-19(24)14(2)26-20(25)17-11-10-16(21)12-18(17)22/h3-7,10-14H,8-9H2,1-2H3,(H,23,24)/t13-,14+/m0/s1. The normalized spacial score (nSPS) is 12.9. The minimum atomic E-state index is -0.923. The zero-order valence-corrected chi connectivity index (χ0v) is 16.2. The Balaban J connectivity index is 1.83. The molecular weight excluding hydrogens is 373 g/mol. The molecule has 0 saturated carbocycles. The van der Waals surface area contributed by atoms with Crippen molar-refractivity contribution < 1.29 is 14.3 Å². The molecule has 2 aromatic rings. The molecule has 0 saturated heterocycles. The van der Waals surface area contributed by atoms with Crippen LogP contribution in [0.25, 0.3) is 0 Å². The minimum Gasteiger partial charge on any atom is -0.449 e. The molecule has 0 heterocycles. The fraction of sp³-hybridized carbons (Fsp3) is 0.300. The molecule has 138 valence electrons. The Bertz CT molecular complexity index is 765. The van der Waals surface area contributed by atoms with Crippen LogP contribution < -0.4 is 5.32 Å². The number of hydrogen-bond donors (Lipinski definition) is 1. The van der Waals surface area contributed by atoms with Crippen LogP contribution in [0.15, 0.2) is 48.5 Å². The Hall–Kier alpha value is -2.04. The van der Waals surface area contributed by atoms with Gasteiger partial charge in [-0.15, -0.1) is 0 Å². The average molecular weight is 394 g/mol. The summed E-state index contributed by atoms with van der Waals surface area (Å²) in [5, 5.41) is 3.47. The fourth-order valence-corrected chi connectivity index (χ4v) is 2.88. The number of hydrogen-bond acceptors (Lipinski definition) is 3. The number of aryl methyl sites for hydroxylation is 1. The van der Waals surface area contributed by atoms with E-state index in [4.69, 9.17) is 27.9 Å². The summed E-state index contributed by atoms with van der Waals surface area (Å²) in [6.07, 6.45) is 0.726. The van der Waals surface area contributed by atoms with Crippen molar-refractivity contribution in [3.8, 4) is 0 Å². The van der Waals surface area contributed by atoms with Crippen molar-refractivity contribution in [1.82, 2.24) is 5.32 Å². The number of ether oxygens (including phenoxy) is 1. The van der Waals surface area contributed by atoms with E-state index in [9.17, 15) is 9.59 Å². The van der Waals surface area contributed by atoms with Gasteiger partial charge < -0.3 is 10.1 Å². The SMILES string of the molecule is C[C@@H](CCc1ccccc1)NC(=O)[C@@H](C)OC(=O)c1ccc(Cl)cc1Cl. The Morgan fingerprint density at radius 3 is 2.42 bits per heavy atom. The monoisotopic (exact) mass is 393 g/mol. The van der Waals surface area contributed by atoms with E-state index in [1.54, 1.807) is 6.07 Å². The minimum absolute atomic E-state index is 0.0389. The Morgan fingerprint density at radius 2 is 1.77 bits per heavy atom. The highest BCUT2D eigenvalue weighted by atomic mass is 35.5. The van der Waals surface area contributed by atoms with Gasteiger partial charge in [0.15, 0.2) is 6.10 Å². The summed E-state index contributed by atoms with van der Waals surface area (Å²) in [5.41, 5.74) is 1.39. The van der Waals surface area contributed by atoms with Crippen molar-refractivity contribution in [2.24, 2.45) is 0 Å². The topological polar surface area (TPSA) is 55.4 Å². The van der Waals surface area contributed by atoms with Gasteiger partial charge in [0.1, 0.15) is 0 Å². The summed E-state index contributed by atoms with van der Waals surface area (Å²) in [4.78, 5) is 24.4. The number of esters is 1. The molecule has 0 aliphatic rings. The second-order valence-corrected chi connectivity index (χ2v) is 6.95. The Kier molecular flexibility index (Phi) is 7.49. The van der Waals surface area contributed by atoms with Crippen LogP contribution >= 0.6 is 23.2 Å². The van der Waals surface area contributed by atoms with Gasteiger partial charge in [-0.05, 0) is 50.5 Å². The number of halogens is 2. The maximum Gasteiger partial charge on any atom is 0.340 e. The summed E-state index contributed by atoms with van der Waals surface area (Å²) in [6, 6.07) is 14.5. The number of rotatable bonds is 7. The van der Waals surface area contributed by atoms with Crippen molar-refractivity contribution >= 4 is 35.1 Å². The highest BCUT2D eigenvalue weighted by Crippen LogP contribution is 2.22. The Morgan fingerprint density at radius 1 is 1.08 bits per heavy atom. The van der Waals surface area contributed by atoms with Gasteiger partial charge in [-0.2, -0.15) is 0 Å². The fourth-order valence-electron chi connectivity index (χ4n) is 2.39. The van der Waals surface area contributed by atoms with Gasteiger partial charge in [-0.1, -0.05) is 53.5 Å². The van der Waals surface area contributed by atoms with Crippen LogP contribution in [0.2, 0.25) is 10.0 Å². The van der Waals surface area contributed by atoms with Crippen molar-refractivity contribution in [3.63, 3.8) is 0 Å². The predicted molar refractivity (Wildman–Crippen MR) is 104 cm³/mol. The van der Waals surface area contributed by atoms with Gasteiger partial charge in [0.2, 0.25) is 0 Å². The third-order valence-electron chi connectivity index (χ3n) is 3.90. The summed E-state index contributed by atoms with van der Waals surface area (Å²) >= 11 is 11.8. The number of amides is 1. The molecule has 2 atom stereocenters. The zero-order chi connectivity index (χ0) is 19.1. The predicted octanol–water partition coefficient (Wildman–Crippen LogP) is 4.68. The molecule has 0 spiro atoms. The second kappa shape index (κ2) is 9.60. The van der Waals surface area contributed by atoms with E-state index in [0.717, 1.165) is 12.8 Å². The van der Waals surface area contributed by atoms with Gasteiger partial charge in [-0.3, -0.25) is 4.79 Å². The molecule has 1 amide bonds. The molecule has 4 nitrogen and oxygen atoms in total. The van der Waals surface area contributed by atoms with Crippen LogP contribution in [0.1, 0.15) is 36.2 Å². The first kappa shape index (κ1) is 20.3. The van der Waals surface area contributed by atoms with E-state index < -0.39 is 12.1 Å². The van der Waals surface area contributed by atoms with Crippen molar-refractivity contribution in [3.05, 3.63) is 69.7 Å². The van der Waals surface area contributed by atoms with Crippen LogP contribution in [-0.2, 0) is 16.0 Å². The van der Waals surface area contributed by atoms with E-state index >= 15 is 0 Å². The molecule has 0 radical (unpaired) electrons. The smallest absolute Gasteiger partial charge is 0.340 e. The zero-order valence-electron chi connectivity index (χ0n) is 14.7. The van der Waals surface area contributed by atoms with Gasteiger partial charge in [-0.25, -0.2) is 4.79 Å². The van der Waals surface area contributed by atoms with Crippen LogP contribution in [0, 0.1) is 0 Å². The van der Waals surface area contributed by atoms with Gasteiger partial charge >= 0.3 is 5.97 Å². The largest absolute Gasteiger partial charge is 0.449 e. The van der Waals surface area contributed by atoms with Crippen LogP contribution in [-0.4, -0.2) is 24.0 Å². The number of carbonyl (C=O) groups is 2. The lowest BCUT2D eigenvalue weighted by atomic mass is 10.1. The lowest BCUT2D eigenvalue weighted by molar-refractivity contribution is -0.129. The lowest BCUT2D eigenvalue weighted by Gasteiger charge is -2.18. The number of carbonyl (C=O) groups excluding carboxylic acids is 2. The maximum absolute atomic E-state index is 12.2. The molecule has 26 heavy (non-hydrogen) atoms. The molecule has 0 fully saturated rings. The van der Waals surface area contributed by atoms with E-state index in [0.29, 0.717) is 5.02 Å². The van der Waals surface area contributed by atoms with Gasteiger partial charge in [0.25, 0.3) is 5.91 Å². The lowest BCUT2D eigenvalue weighted by Crippen LogP contribution is -2.41. The first-order valence-electron chi connectivity index (χ1n) is 8.37. The molecule has 0 aliphatic carbocycles. The van der Waals surface area contributed by atoms with Crippen LogP contribution in [0.4, 0.5) is 0 Å². The first-order chi connectivity index (χ1) is 12.4. The maximum atomic E-state index is 12.2. The molecule has 1 N–H and O–H groups in total. The first-order valence-corrected chi connectivity index (χ1v) is 9.12. The third-order valence-corrected chi connectivity index (χ3v) is 4.45.